The molecule has 1 saturated carbocycles. The fourth-order valence-electron chi connectivity index (χ4n) is 2.48. The van der Waals surface area contributed by atoms with Crippen molar-refractivity contribution in [1.82, 2.24) is 0 Å². The average molecular weight is 228 g/mol. The second-order valence-electron chi connectivity index (χ2n) is 5.33. The van der Waals surface area contributed by atoms with E-state index in [0.717, 1.165) is 12.8 Å². The van der Waals surface area contributed by atoms with Crippen molar-refractivity contribution in [3.63, 3.8) is 0 Å². The summed E-state index contributed by atoms with van der Waals surface area (Å²) in [7, 11) is 1.69. The molecule has 1 rings (SSSR count). The monoisotopic (exact) mass is 228 g/mol. The Morgan fingerprint density at radius 2 is 1.75 bits per heavy atom. The zero-order valence-electron chi connectivity index (χ0n) is 11.0. The first-order valence-electron chi connectivity index (χ1n) is 6.94. The molecule has 0 aromatic carbocycles. The molecule has 0 heterocycles. The molecule has 1 aliphatic rings. The van der Waals surface area contributed by atoms with E-state index < -0.39 is 5.60 Å². The van der Waals surface area contributed by atoms with Crippen LogP contribution in [0.2, 0.25) is 0 Å². The molecular formula is C14H28O2. The fraction of sp³-hybridized carbons (Fsp3) is 1.00. The van der Waals surface area contributed by atoms with Crippen molar-refractivity contribution in [2.75, 3.05) is 13.7 Å². The highest BCUT2D eigenvalue weighted by atomic mass is 16.5. The van der Waals surface area contributed by atoms with E-state index in [9.17, 15) is 5.11 Å². The maximum atomic E-state index is 10.4. The molecule has 0 aliphatic heterocycles. The van der Waals surface area contributed by atoms with Gasteiger partial charge in [0, 0.05) is 7.11 Å². The van der Waals surface area contributed by atoms with Crippen LogP contribution in [0.3, 0.4) is 0 Å². The van der Waals surface area contributed by atoms with Gasteiger partial charge in [-0.3, -0.25) is 0 Å². The Labute approximate surface area is 100 Å². The van der Waals surface area contributed by atoms with Crippen LogP contribution in [0.1, 0.15) is 64.7 Å². The Kier molecular flexibility index (Phi) is 6.37. The second-order valence-corrected chi connectivity index (χ2v) is 5.33. The lowest BCUT2D eigenvalue weighted by molar-refractivity contribution is -0.0553. The summed E-state index contributed by atoms with van der Waals surface area (Å²) in [6.45, 7) is 2.76. The van der Waals surface area contributed by atoms with E-state index in [1.807, 2.05) is 0 Å². The number of unbranched alkanes of at least 4 members (excludes halogenated alkanes) is 5. The Hall–Kier alpha value is -0.0800. The molecule has 2 nitrogen and oxygen atoms in total. The maximum Gasteiger partial charge on any atom is 0.0907 e. The maximum absolute atomic E-state index is 10.4. The minimum Gasteiger partial charge on any atom is -0.387 e. The van der Waals surface area contributed by atoms with Gasteiger partial charge in [-0.1, -0.05) is 45.4 Å². The number of methoxy groups -OCH3 is 1. The minimum atomic E-state index is -0.514. The Morgan fingerprint density at radius 1 is 1.12 bits per heavy atom. The highest BCUT2D eigenvalue weighted by Crippen LogP contribution is 2.42. The second kappa shape index (κ2) is 7.29. The molecule has 16 heavy (non-hydrogen) atoms. The van der Waals surface area contributed by atoms with Gasteiger partial charge in [0.1, 0.15) is 0 Å². The SMILES string of the molecule is CCCCCCCCC(O)(COC)C1CC1. The molecule has 0 aromatic rings. The van der Waals surface area contributed by atoms with Crippen LogP contribution < -0.4 is 0 Å². The van der Waals surface area contributed by atoms with Crippen molar-refractivity contribution >= 4 is 0 Å². The molecule has 0 amide bonds. The van der Waals surface area contributed by atoms with Crippen molar-refractivity contribution < 1.29 is 9.84 Å². The molecule has 0 bridgehead atoms. The molecule has 1 unspecified atom stereocenters. The van der Waals surface area contributed by atoms with Crippen LogP contribution in [0, 0.1) is 5.92 Å². The lowest BCUT2D eigenvalue weighted by Crippen LogP contribution is -2.36. The first-order valence-corrected chi connectivity index (χ1v) is 6.94. The molecule has 1 fully saturated rings. The van der Waals surface area contributed by atoms with Gasteiger partial charge in [-0.25, -0.2) is 0 Å². The van der Waals surface area contributed by atoms with Gasteiger partial charge in [-0.05, 0) is 25.2 Å². The Balaban J connectivity index is 2.08. The molecule has 2 heteroatoms. The van der Waals surface area contributed by atoms with Gasteiger partial charge in [0.25, 0.3) is 0 Å². The van der Waals surface area contributed by atoms with E-state index in [1.54, 1.807) is 7.11 Å². The molecular weight excluding hydrogens is 200 g/mol. The van der Waals surface area contributed by atoms with Gasteiger partial charge in [0.2, 0.25) is 0 Å². The number of aliphatic hydroxyl groups is 1. The van der Waals surface area contributed by atoms with E-state index in [-0.39, 0.29) is 0 Å². The van der Waals surface area contributed by atoms with Crippen LogP contribution in [-0.2, 0) is 4.74 Å². The van der Waals surface area contributed by atoms with Gasteiger partial charge >= 0.3 is 0 Å². The van der Waals surface area contributed by atoms with Gasteiger partial charge < -0.3 is 9.84 Å². The van der Waals surface area contributed by atoms with E-state index in [4.69, 9.17) is 4.74 Å². The first-order chi connectivity index (χ1) is 7.73. The van der Waals surface area contributed by atoms with Gasteiger partial charge in [-0.2, -0.15) is 0 Å². The summed E-state index contributed by atoms with van der Waals surface area (Å²) in [6, 6.07) is 0. The molecule has 0 saturated heterocycles. The summed E-state index contributed by atoms with van der Waals surface area (Å²) in [4.78, 5) is 0. The van der Waals surface area contributed by atoms with E-state index in [0.29, 0.717) is 12.5 Å². The van der Waals surface area contributed by atoms with E-state index in [2.05, 4.69) is 6.92 Å². The molecule has 1 aliphatic carbocycles. The number of rotatable bonds is 10. The minimum absolute atomic E-state index is 0.514. The van der Waals surface area contributed by atoms with Gasteiger partial charge in [0.15, 0.2) is 0 Å². The van der Waals surface area contributed by atoms with Crippen LogP contribution >= 0.6 is 0 Å². The molecule has 0 aromatic heterocycles. The molecule has 1 N–H and O–H groups in total. The highest BCUT2D eigenvalue weighted by Gasteiger charge is 2.43. The molecule has 96 valence electrons. The molecule has 0 radical (unpaired) electrons. The van der Waals surface area contributed by atoms with Gasteiger partial charge in [0.05, 0.1) is 12.2 Å². The van der Waals surface area contributed by atoms with Crippen LogP contribution in [0.15, 0.2) is 0 Å². The van der Waals surface area contributed by atoms with Crippen molar-refractivity contribution in [3.05, 3.63) is 0 Å². The summed E-state index contributed by atoms with van der Waals surface area (Å²) >= 11 is 0. The van der Waals surface area contributed by atoms with E-state index >= 15 is 0 Å². The molecule has 1 atom stereocenters. The topological polar surface area (TPSA) is 29.5 Å². The smallest absolute Gasteiger partial charge is 0.0907 e. The summed E-state index contributed by atoms with van der Waals surface area (Å²) in [5, 5.41) is 10.4. The Morgan fingerprint density at radius 3 is 2.31 bits per heavy atom. The quantitative estimate of drug-likeness (QED) is 0.580. The lowest BCUT2D eigenvalue weighted by Gasteiger charge is -2.27. The number of hydrogen-bond acceptors (Lipinski definition) is 2. The van der Waals surface area contributed by atoms with Crippen LogP contribution in [-0.4, -0.2) is 24.4 Å². The average Bonchev–Trinajstić information content (AvgIpc) is 3.07. The van der Waals surface area contributed by atoms with E-state index in [1.165, 1.54) is 44.9 Å². The van der Waals surface area contributed by atoms with Crippen LogP contribution in [0.25, 0.3) is 0 Å². The summed E-state index contributed by atoms with van der Waals surface area (Å²) in [5.41, 5.74) is -0.514. The predicted octanol–water partition coefficient (Wildman–Crippen LogP) is 3.52. The standard InChI is InChI=1S/C14H28O2/c1-3-4-5-6-7-8-11-14(15,12-16-2)13-9-10-13/h13,15H,3-12H2,1-2H3. The van der Waals surface area contributed by atoms with Crippen molar-refractivity contribution in [3.8, 4) is 0 Å². The van der Waals surface area contributed by atoms with Crippen molar-refractivity contribution in [1.29, 1.82) is 0 Å². The molecule has 0 spiro atoms. The largest absolute Gasteiger partial charge is 0.387 e. The number of hydrogen-bond donors (Lipinski definition) is 1. The third kappa shape index (κ3) is 4.84. The summed E-state index contributed by atoms with van der Waals surface area (Å²) in [6.07, 6.45) is 11.0. The zero-order chi connectivity index (χ0) is 11.9. The van der Waals surface area contributed by atoms with Crippen LogP contribution in [0.5, 0.6) is 0 Å². The summed E-state index contributed by atoms with van der Waals surface area (Å²) in [5.74, 6) is 0.517. The fourth-order valence-corrected chi connectivity index (χ4v) is 2.48. The number of ether oxygens (including phenoxy) is 1. The van der Waals surface area contributed by atoms with Crippen LogP contribution in [0.4, 0.5) is 0 Å². The predicted molar refractivity (Wildman–Crippen MR) is 67.5 cm³/mol. The van der Waals surface area contributed by atoms with Crippen molar-refractivity contribution in [2.24, 2.45) is 5.92 Å². The normalized spacial score (nSPS) is 19.7. The lowest BCUT2D eigenvalue weighted by atomic mass is 9.91. The third-order valence-corrected chi connectivity index (χ3v) is 3.69. The summed E-state index contributed by atoms with van der Waals surface area (Å²) < 4.78 is 5.15. The van der Waals surface area contributed by atoms with Crippen molar-refractivity contribution in [2.45, 2.75) is 70.3 Å². The third-order valence-electron chi connectivity index (χ3n) is 3.69. The van der Waals surface area contributed by atoms with Gasteiger partial charge in [-0.15, -0.1) is 0 Å². The Bertz CT molecular complexity index is 178. The zero-order valence-corrected chi connectivity index (χ0v) is 11.0. The highest BCUT2D eigenvalue weighted by molar-refractivity contribution is 4.94. The first kappa shape index (κ1) is 14.0.